The second kappa shape index (κ2) is 4.55. The maximum atomic E-state index is 10.8. The first-order valence-electron chi connectivity index (χ1n) is 5.85. The highest BCUT2D eigenvalue weighted by molar-refractivity contribution is 8.00. The van der Waals surface area contributed by atoms with Crippen molar-refractivity contribution in [2.45, 2.75) is 36.5 Å². The number of hydrogen-bond acceptors (Lipinski definition) is 4. The van der Waals surface area contributed by atoms with Crippen LogP contribution in [-0.4, -0.2) is 46.7 Å². The topological polar surface area (TPSA) is 61.4 Å². The van der Waals surface area contributed by atoms with Gasteiger partial charge in [-0.2, -0.15) is 11.8 Å². The molecule has 0 bridgehead atoms. The quantitative estimate of drug-likeness (QED) is 0.664. The highest BCUT2D eigenvalue weighted by Crippen LogP contribution is 2.37. The van der Waals surface area contributed by atoms with Crippen LogP contribution >= 0.6 is 11.8 Å². The summed E-state index contributed by atoms with van der Waals surface area (Å²) in [5, 5.41) is 15.5. The maximum absolute atomic E-state index is 10.8. The molecule has 2 fully saturated rings. The van der Waals surface area contributed by atoms with Crippen LogP contribution in [0.25, 0.3) is 0 Å². The minimum absolute atomic E-state index is 0.196. The minimum atomic E-state index is -0.710. The lowest BCUT2D eigenvalue weighted by atomic mass is 9.87. The monoisotopic (exact) mass is 244 g/mol. The summed E-state index contributed by atoms with van der Waals surface area (Å²) in [5.74, 6) is 0.528. The number of hydrogen-bond donors (Lipinski definition) is 3. The maximum Gasteiger partial charge on any atom is 0.305 e. The molecule has 0 aromatic heterocycles. The molecule has 2 aliphatic rings. The van der Waals surface area contributed by atoms with E-state index in [0.29, 0.717) is 4.75 Å². The van der Waals surface area contributed by atoms with Gasteiger partial charge in [0.2, 0.25) is 0 Å². The fraction of sp³-hybridized carbons (Fsp3) is 0.909. The Bertz CT molecular complexity index is 273. The predicted molar refractivity (Wildman–Crippen MR) is 66.0 cm³/mol. The van der Waals surface area contributed by atoms with E-state index >= 15 is 0 Å². The molecular formula is C11H20N2O2S. The zero-order valence-corrected chi connectivity index (χ0v) is 10.5. The zero-order chi connectivity index (χ0) is 11.6. The number of aliphatic carboxylic acids is 1. The third-order valence-corrected chi connectivity index (χ3v) is 5.09. The standard InChI is InChI=1S/C11H20N2O2S/c1-10(3-2-4-16-10)6-13-11(5-9(14)15)7-12-8-11/h12-13H,2-8H2,1H3,(H,14,15). The molecule has 4 nitrogen and oxygen atoms in total. The fourth-order valence-electron chi connectivity index (χ4n) is 2.38. The van der Waals surface area contributed by atoms with E-state index in [9.17, 15) is 4.79 Å². The first-order valence-corrected chi connectivity index (χ1v) is 6.84. The highest BCUT2D eigenvalue weighted by Gasteiger charge is 2.41. The summed E-state index contributed by atoms with van der Waals surface area (Å²) in [6.45, 7) is 4.75. The van der Waals surface area contributed by atoms with Crippen LogP contribution < -0.4 is 10.6 Å². The normalized spacial score (nSPS) is 32.3. The van der Waals surface area contributed by atoms with E-state index in [-0.39, 0.29) is 12.0 Å². The molecule has 0 saturated carbocycles. The van der Waals surface area contributed by atoms with Crippen LogP contribution in [0.1, 0.15) is 26.2 Å². The van der Waals surface area contributed by atoms with Gasteiger partial charge >= 0.3 is 5.97 Å². The summed E-state index contributed by atoms with van der Waals surface area (Å²) < 4.78 is 0.307. The lowest BCUT2D eigenvalue weighted by Gasteiger charge is -2.44. The number of carbonyl (C=O) groups is 1. The van der Waals surface area contributed by atoms with Gasteiger partial charge in [0.1, 0.15) is 0 Å². The molecule has 0 radical (unpaired) electrons. The van der Waals surface area contributed by atoms with Crippen molar-refractivity contribution in [3.63, 3.8) is 0 Å². The summed E-state index contributed by atoms with van der Waals surface area (Å²) in [5.41, 5.74) is -0.196. The van der Waals surface area contributed by atoms with Gasteiger partial charge in [0.15, 0.2) is 0 Å². The minimum Gasteiger partial charge on any atom is -0.481 e. The van der Waals surface area contributed by atoms with Crippen molar-refractivity contribution >= 4 is 17.7 Å². The molecule has 0 amide bonds. The van der Waals surface area contributed by atoms with Gasteiger partial charge in [-0.25, -0.2) is 0 Å². The molecule has 2 saturated heterocycles. The lowest BCUT2D eigenvalue weighted by molar-refractivity contribution is -0.139. The molecule has 0 spiro atoms. The number of rotatable bonds is 5. The summed E-state index contributed by atoms with van der Waals surface area (Å²) in [4.78, 5) is 10.8. The molecule has 1 atom stereocenters. The second-order valence-electron chi connectivity index (χ2n) is 5.21. The number of carboxylic acid groups (broad SMARTS) is 1. The third-order valence-electron chi connectivity index (χ3n) is 3.55. The smallest absolute Gasteiger partial charge is 0.305 e. The molecule has 1 unspecified atom stereocenters. The molecule has 5 heteroatoms. The average Bonchev–Trinajstić information content (AvgIpc) is 2.57. The molecule has 0 aromatic rings. The van der Waals surface area contributed by atoms with E-state index in [1.807, 2.05) is 11.8 Å². The number of nitrogens with one attached hydrogen (secondary N) is 2. The van der Waals surface area contributed by atoms with E-state index in [1.165, 1.54) is 18.6 Å². The Labute approximate surface area is 101 Å². The van der Waals surface area contributed by atoms with Crippen LogP contribution in [-0.2, 0) is 4.79 Å². The first-order chi connectivity index (χ1) is 7.54. The first kappa shape index (κ1) is 12.2. The van der Waals surface area contributed by atoms with Crippen LogP contribution in [0.4, 0.5) is 0 Å². The van der Waals surface area contributed by atoms with Gasteiger partial charge in [-0.3, -0.25) is 4.79 Å². The molecule has 3 N–H and O–H groups in total. The summed E-state index contributed by atoms with van der Waals surface area (Å²) >= 11 is 2.01. The molecule has 0 aliphatic carbocycles. The van der Waals surface area contributed by atoms with E-state index in [0.717, 1.165) is 19.6 Å². The van der Waals surface area contributed by atoms with Crippen LogP contribution in [0.15, 0.2) is 0 Å². The number of carboxylic acids is 1. The van der Waals surface area contributed by atoms with Crippen molar-refractivity contribution < 1.29 is 9.90 Å². The lowest BCUT2D eigenvalue weighted by Crippen LogP contribution is -2.69. The Balaban J connectivity index is 1.85. The SMILES string of the molecule is CC1(CNC2(CC(=O)O)CNC2)CCCS1. The summed E-state index contributed by atoms with van der Waals surface area (Å²) in [6.07, 6.45) is 2.75. The Kier molecular flexibility index (Phi) is 3.47. The van der Waals surface area contributed by atoms with Gasteiger partial charge in [0, 0.05) is 24.4 Å². The van der Waals surface area contributed by atoms with Crippen molar-refractivity contribution in [2.24, 2.45) is 0 Å². The predicted octanol–water partition coefficient (Wildman–Crippen LogP) is 0.678. The van der Waals surface area contributed by atoms with Crippen LogP contribution in [0.3, 0.4) is 0 Å². The largest absolute Gasteiger partial charge is 0.481 e. The van der Waals surface area contributed by atoms with Crippen LogP contribution in [0.2, 0.25) is 0 Å². The number of thioether (sulfide) groups is 1. The van der Waals surface area contributed by atoms with Crippen molar-refractivity contribution in [2.75, 3.05) is 25.4 Å². The van der Waals surface area contributed by atoms with E-state index < -0.39 is 5.97 Å². The van der Waals surface area contributed by atoms with Gasteiger partial charge in [-0.15, -0.1) is 0 Å². The molecular weight excluding hydrogens is 224 g/mol. The van der Waals surface area contributed by atoms with E-state index in [1.54, 1.807) is 0 Å². The van der Waals surface area contributed by atoms with E-state index in [2.05, 4.69) is 17.6 Å². The molecule has 92 valence electrons. The van der Waals surface area contributed by atoms with Gasteiger partial charge in [0.05, 0.1) is 12.0 Å². The highest BCUT2D eigenvalue weighted by atomic mass is 32.2. The van der Waals surface area contributed by atoms with Crippen molar-refractivity contribution in [1.82, 2.24) is 10.6 Å². The summed E-state index contributed by atoms with van der Waals surface area (Å²) in [7, 11) is 0. The Morgan fingerprint density at radius 3 is 2.75 bits per heavy atom. The van der Waals surface area contributed by atoms with Crippen molar-refractivity contribution in [3.05, 3.63) is 0 Å². The van der Waals surface area contributed by atoms with Crippen LogP contribution in [0, 0.1) is 0 Å². The Morgan fingerprint density at radius 2 is 2.31 bits per heavy atom. The second-order valence-corrected chi connectivity index (χ2v) is 6.89. The molecule has 2 aliphatic heterocycles. The molecule has 0 aromatic carbocycles. The fourth-order valence-corrected chi connectivity index (χ4v) is 3.62. The molecule has 2 heterocycles. The van der Waals surface area contributed by atoms with Gasteiger partial charge in [-0.1, -0.05) is 0 Å². The Morgan fingerprint density at radius 1 is 1.56 bits per heavy atom. The zero-order valence-electron chi connectivity index (χ0n) is 9.71. The van der Waals surface area contributed by atoms with Gasteiger partial charge in [-0.05, 0) is 25.5 Å². The summed E-state index contributed by atoms with van der Waals surface area (Å²) in [6, 6.07) is 0. The average molecular weight is 244 g/mol. The van der Waals surface area contributed by atoms with Crippen LogP contribution in [0.5, 0.6) is 0 Å². The van der Waals surface area contributed by atoms with Gasteiger partial charge < -0.3 is 15.7 Å². The van der Waals surface area contributed by atoms with Gasteiger partial charge in [0.25, 0.3) is 0 Å². The molecule has 16 heavy (non-hydrogen) atoms. The molecule has 2 rings (SSSR count). The van der Waals surface area contributed by atoms with Crippen molar-refractivity contribution in [3.8, 4) is 0 Å². The van der Waals surface area contributed by atoms with Crippen molar-refractivity contribution in [1.29, 1.82) is 0 Å². The third kappa shape index (κ3) is 2.70. The van der Waals surface area contributed by atoms with E-state index in [4.69, 9.17) is 5.11 Å². The Hall–Kier alpha value is -0.260.